The predicted octanol–water partition coefficient (Wildman–Crippen LogP) is 2.98. The number of likely N-dealkylation sites (tertiary alicyclic amines) is 1. The van der Waals surface area contributed by atoms with Gasteiger partial charge in [0, 0.05) is 25.1 Å². The summed E-state index contributed by atoms with van der Waals surface area (Å²) in [5.41, 5.74) is 0.714. The van der Waals surface area contributed by atoms with E-state index in [9.17, 15) is 20.0 Å². The fourth-order valence-electron chi connectivity index (χ4n) is 3.10. The molecule has 1 N–H and O–H groups in total. The molecular formula is C19H20N2O5. The number of phenols is 1. The molecule has 0 bridgehead atoms. The molecule has 1 saturated heterocycles. The molecule has 1 heterocycles. The van der Waals surface area contributed by atoms with E-state index in [1.54, 1.807) is 4.90 Å². The van der Waals surface area contributed by atoms with Crippen LogP contribution in [0.4, 0.5) is 5.69 Å². The molecule has 1 aliphatic rings. The fourth-order valence-corrected chi connectivity index (χ4v) is 3.10. The Labute approximate surface area is 151 Å². The topological polar surface area (TPSA) is 92.9 Å². The van der Waals surface area contributed by atoms with Gasteiger partial charge >= 0.3 is 0 Å². The molecule has 0 spiro atoms. The van der Waals surface area contributed by atoms with Crippen molar-refractivity contribution in [2.45, 2.75) is 13.0 Å². The van der Waals surface area contributed by atoms with E-state index in [2.05, 4.69) is 0 Å². The molecule has 0 aromatic heterocycles. The van der Waals surface area contributed by atoms with Crippen molar-refractivity contribution < 1.29 is 19.6 Å². The highest BCUT2D eigenvalue weighted by molar-refractivity contribution is 5.98. The zero-order valence-electron chi connectivity index (χ0n) is 14.2. The fraction of sp³-hybridized carbons (Fsp3) is 0.316. The lowest BCUT2D eigenvalue weighted by atomic mass is 10.1. The minimum absolute atomic E-state index is 0.0825. The summed E-state index contributed by atoms with van der Waals surface area (Å²) in [6.07, 6.45) is 0.785. The van der Waals surface area contributed by atoms with Gasteiger partial charge in [-0.2, -0.15) is 0 Å². The third-order valence-corrected chi connectivity index (χ3v) is 4.45. The molecule has 1 unspecified atom stereocenters. The summed E-state index contributed by atoms with van der Waals surface area (Å²) in [4.78, 5) is 24.7. The van der Waals surface area contributed by atoms with Crippen molar-refractivity contribution >= 4 is 11.6 Å². The lowest BCUT2D eigenvalue weighted by molar-refractivity contribution is -0.385. The number of aromatic hydroxyl groups is 1. The molecule has 136 valence electrons. The third-order valence-electron chi connectivity index (χ3n) is 4.45. The molecule has 26 heavy (non-hydrogen) atoms. The molecule has 2 aromatic carbocycles. The van der Waals surface area contributed by atoms with Crippen LogP contribution in [0.25, 0.3) is 0 Å². The van der Waals surface area contributed by atoms with Crippen molar-refractivity contribution in [2.24, 2.45) is 5.92 Å². The Morgan fingerprint density at radius 3 is 2.77 bits per heavy atom. The molecule has 2 aromatic rings. The van der Waals surface area contributed by atoms with Gasteiger partial charge in [0.05, 0.1) is 18.1 Å². The van der Waals surface area contributed by atoms with E-state index < -0.39 is 10.8 Å². The van der Waals surface area contributed by atoms with Crippen LogP contribution in [0.1, 0.15) is 22.3 Å². The Kier molecular flexibility index (Phi) is 5.48. The first-order valence-electron chi connectivity index (χ1n) is 8.43. The molecule has 0 aliphatic carbocycles. The van der Waals surface area contributed by atoms with E-state index in [0.29, 0.717) is 26.3 Å². The highest BCUT2D eigenvalue weighted by Crippen LogP contribution is 2.27. The van der Waals surface area contributed by atoms with Gasteiger partial charge in [0.15, 0.2) is 0 Å². The number of hydrogen-bond donors (Lipinski definition) is 1. The van der Waals surface area contributed by atoms with Gasteiger partial charge in [-0.05, 0) is 24.1 Å². The number of phenolic OH excluding ortho intramolecular Hbond substituents is 1. The number of nitrogens with zero attached hydrogens (tertiary/aromatic N) is 2. The van der Waals surface area contributed by atoms with Crippen LogP contribution >= 0.6 is 0 Å². The number of carbonyl (C=O) groups is 1. The molecule has 1 atom stereocenters. The summed E-state index contributed by atoms with van der Waals surface area (Å²) >= 11 is 0. The predicted molar refractivity (Wildman–Crippen MR) is 94.9 cm³/mol. The second-order valence-corrected chi connectivity index (χ2v) is 6.37. The maximum Gasteiger partial charge on any atom is 0.282 e. The van der Waals surface area contributed by atoms with Crippen molar-refractivity contribution in [1.82, 2.24) is 4.90 Å². The van der Waals surface area contributed by atoms with Crippen LogP contribution in [0.15, 0.2) is 48.5 Å². The minimum atomic E-state index is -0.608. The quantitative estimate of drug-likeness (QED) is 0.634. The highest BCUT2D eigenvalue weighted by Gasteiger charge is 2.31. The SMILES string of the molecule is O=C(c1cc(O)ccc1[N+](=O)[O-])N1CCC(COCc2ccccc2)C1. The van der Waals surface area contributed by atoms with E-state index >= 15 is 0 Å². The van der Waals surface area contributed by atoms with E-state index in [-0.39, 0.29) is 22.9 Å². The Bertz CT molecular complexity index is 794. The Morgan fingerprint density at radius 1 is 1.27 bits per heavy atom. The van der Waals surface area contributed by atoms with Crippen LogP contribution in [0.5, 0.6) is 5.75 Å². The van der Waals surface area contributed by atoms with E-state index in [4.69, 9.17) is 4.74 Å². The van der Waals surface area contributed by atoms with Crippen molar-refractivity contribution in [2.75, 3.05) is 19.7 Å². The van der Waals surface area contributed by atoms with Gasteiger partial charge in [0.1, 0.15) is 11.3 Å². The Balaban J connectivity index is 1.57. The second kappa shape index (κ2) is 7.97. The lowest BCUT2D eigenvalue weighted by Crippen LogP contribution is -2.29. The van der Waals surface area contributed by atoms with Crippen molar-refractivity contribution in [3.05, 3.63) is 69.8 Å². The van der Waals surface area contributed by atoms with Gasteiger partial charge in [-0.25, -0.2) is 0 Å². The summed E-state index contributed by atoms with van der Waals surface area (Å²) in [5.74, 6) is -0.405. The standard InChI is InChI=1S/C19H20N2O5/c22-16-6-7-18(21(24)25)17(10-16)19(23)20-9-8-15(11-20)13-26-12-14-4-2-1-3-5-14/h1-7,10,15,22H,8-9,11-13H2. The number of amides is 1. The monoisotopic (exact) mass is 356 g/mol. The molecule has 1 aliphatic heterocycles. The van der Waals surface area contributed by atoms with Gasteiger partial charge in [0.2, 0.25) is 0 Å². The van der Waals surface area contributed by atoms with Gasteiger partial charge in [-0.15, -0.1) is 0 Å². The number of carbonyl (C=O) groups excluding carboxylic acids is 1. The van der Waals surface area contributed by atoms with Crippen LogP contribution in [0.2, 0.25) is 0 Å². The average molecular weight is 356 g/mol. The van der Waals surface area contributed by atoms with Crippen LogP contribution in [0, 0.1) is 16.0 Å². The second-order valence-electron chi connectivity index (χ2n) is 6.37. The summed E-state index contributed by atoms with van der Waals surface area (Å²) in [6.45, 7) is 2.05. The third kappa shape index (κ3) is 4.18. The van der Waals surface area contributed by atoms with Crippen LogP contribution < -0.4 is 0 Å². The van der Waals surface area contributed by atoms with Crippen LogP contribution in [-0.2, 0) is 11.3 Å². The first-order chi connectivity index (χ1) is 12.5. The minimum Gasteiger partial charge on any atom is -0.508 e. The Morgan fingerprint density at radius 2 is 2.04 bits per heavy atom. The van der Waals surface area contributed by atoms with E-state index in [0.717, 1.165) is 24.1 Å². The molecule has 3 rings (SSSR count). The maximum atomic E-state index is 12.6. The molecule has 7 nitrogen and oxygen atoms in total. The van der Waals surface area contributed by atoms with Gasteiger partial charge in [-0.3, -0.25) is 14.9 Å². The number of benzene rings is 2. The zero-order valence-corrected chi connectivity index (χ0v) is 14.2. The van der Waals surface area contributed by atoms with E-state index in [1.165, 1.54) is 6.07 Å². The average Bonchev–Trinajstić information content (AvgIpc) is 3.10. The zero-order chi connectivity index (χ0) is 18.5. The van der Waals surface area contributed by atoms with Crippen LogP contribution in [-0.4, -0.2) is 40.5 Å². The van der Waals surface area contributed by atoms with Gasteiger partial charge in [-0.1, -0.05) is 30.3 Å². The maximum absolute atomic E-state index is 12.6. The lowest BCUT2D eigenvalue weighted by Gasteiger charge is -2.17. The first kappa shape index (κ1) is 17.9. The molecule has 0 radical (unpaired) electrons. The van der Waals surface area contributed by atoms with Gasteiger partial charge in [0.25, 0.3) is 11.6 Å². The molecule has 1 fully saturated rings. The normalized spacial score (nSPS) is 16.6. The van der Waals surface area contributed by atoms with E-state index in [1.807, 2.05) is 30.3 Å². The summed E-state index contributed by atoms with van der Waals surface area (Å²) in [6, 6.07) is 13.4. The van der Waals surface area contributed by atoms with Crippen molar-refractivity contribution in [1.29, 1.82) is 0 Å². The number of nitro benzene ring substituents is 1. The molecule has 0 saturated carbocycles. The summed E-state index contributed by atoms with van der Waals surface area (Å²) in [5, 5.41) is 20.7. The number of nitro groups is 1. The van der Waals surface area contributed by atoms with Crippen molar-refractivity contribution in [3.63, 3.8) is 0 Å². The van der Waals surface area contributed by atoms with Gasteiger partial charge < -0.3 is 14.7 Å². The first-order valence-corrected chi connectivity index (χ1v) is 8.43. The summed E-state index contributed by atoms with van der Waals surface area (Å²) < 4.78 is 5.73. The highest BCUT2D eigenvalue weighted by atomic mass is 16.6. The number of ether oxygens (including phenoxy) is 1. The number of rotatable bonds is 6. The van der Waals surface area contributed by atoms with Crippen molar-refractivity contribution in [3.8, 4) is 5.75 Å². The smallest absolute Gasteiger partial charge is 0.282 e. The molecule has 7 heteroatoms. The molecular weight excluding hydrogens is 336 g/mol. The molecule has 1 amide bonds. The van der Waals surface area contributed by atoms with Crippen LogP contribution in [0.3, 0.4) is 0 Å². The Hall–Kier alpha value is -2.93. The largest absolute Gasteiger partial charge is 0.508 e. The summed E-state index contributed by atoms with van der Waals surface area (Å²) in [7, 11) is 0. The number of hydrogen-bond acceptors (Lipinski definition) is 5.